The summed E-state index contributed by atoms with van der Waals surface area (Å²) in [6.07, 6.45) is 0.650. The van der Waals surface area contributed by atoms with Gasteiger partial charge in [-0.25, -0.2) is 0 Å². The molecule has 0 aromatic heterocycles. The number of rotatable bonds is 5. The van der Waals surface area contributed by atoms with E-state index in [0.29, 0.717) is 25.1 Å². The molecule has 0 unspecified atom stereocenters. The van der Waals surface area contributed by atoms with Gasteiger partial charge in [0.1, 0.15) is 11.9 Å². The summed E-state index contributed by atoms with van der Waals surface area (Å²) in [5.41, 5.74) is 11.8. The first-order valence-electron chi connectivity index (χ1n) is 7.51. The van der Waals surface area contributed by atoms with Crippen molar-refractivity contribution in [1.29, 1.82) is 5.41 Å². The fraction of sp³-hybridized carbons (Fsp3) is 0.438. The molecule has 23 heavy (non-hydrogen) atoms. The number of carbonyl (C=O) groups is 2. The van der Waals surface area contributed by atoms with Gasteiger partial charge in [0, 0.05) is 18.7 Å². The number of nitrogens with zero attached hydrogens (tertiary/aromatic N) is 1. The Balaban J connectivity index is 1.90. The number of nitrogens with two attached hydrogens (primary N) is 2. The number of carbonyl (C=O) groups excluding carboxylic acids is 2. The third-order valence-electron chi connectivity index (χ3n) is 3.87. The molecule has 6 N–H and O–H groups in total. The Morgan fingerprint density at radius 1 is 1.35 bits per heavy atom. The monoisotopic (exact) mass is 317 g/mol. The van der Waals surface area contributed by atoms with Crippen molar-refractivity contribution < 1.29 is 9.59 Å². The first-order chi connectivity index (χ1) is 10.7. The molecule has 0 aliphatic carbocycles. The van der Waals surface area contributed by atoms with Crippen molar-refractivity contribution in [3.63, 3.8) is 0 Å². The summed E-state index contributed by atoms with van der Waals surface area (Å²) in [4.78, 5) is 25.9. The van der Waals surface area contributed by atoms with Gasteiger partial charge < -0.3 is 21.7 Å². The summed E-state index contributed by atoms with van der Waals surface area (Å²) in [5, 5.41) is 10.2. The predicted molar refractivity (Wildman–Crippen MR) is 87.7 cm³/mol. The van der Waals surface area contributed by atoms with Crippen LogP contribution in [0.4, 0.5) is 0 Å². The van der Waals surface area contributed by atoms with Crippen molar-refractivity contribution in [1.82, 2.24) is 10.2 Å². The maximum Gasteiger partial charge on any atom is 0.243 e. The summed E-state index contributed by atoms with van der Waals surface area (Å²) in [6.45, 7) is 4.20. The minimum atomic E-state index is -0.971. The standard InChI is InChI=1S/C16H23N5O2/c1-16(2,19)15(23)21-8-7-12(21)14(22)20-9-10-3-5-11(6-4-10)13(17)18/h3-6,12H,7-9,19H2,1-2H3,(H3,17,18)(H,20,22)/t12-/m0/s1. The molecule has 7 nitrogen and oxygen atoms in total. The van der Waals surface area contributed by atoms with Crippen LogP contribution in [0.1, 0.15) is 31.4 Å². The molecule has 2 rings (SSSR count). The van der Waals surface area contributed by atoms with E-state index in [1.165, 1.54) is 4.90 Å². The zero-order valence-corrected chi connectivity index (χ0v) is 13.4. The van der Waals surface area contributed by atoms with Crippen LogP contribution in [0.25, 0.3) is 0 Å². The van der Waals surface area contributed by atoms with Crippen molar-refractivity contribution in [2.75, 3.05) is 6.54 Å². The summed E-state index contributed by atoms with van der Waals surface area (Å²) in [7, 11) is 0. The Hall–Kier alpha value is -2.41. The molecule has 0 spiro atoms. The minimum absolute atomic E-state index is 0.00797. The second-order valence-corrected chi connectivity index (χ2v) is 6.35. The quantitative estimate of drug-likeness (QED) is 0.448. The first-order valence-corrected chi connectivity index (χ1v) is 7.51. The van der Waals surface area contributed by atoms with E-state index in [2.05, 4.69) is 5.32 Å². The summed E-state index contributed by atoms with van der Waals surface area (Å²) >= 11 is 0. The number of nitrogen functional groups attached to an aromatic ring is 1. The van der Waals surface area contributed by atoms with Crippen LogP contribution in [-0.4, -0.2) is 40.7 Å². The van der Waals surface area contributed by atoms with Crippen LogP contribution in [0, 0.1) is 5.41 Å². The molecule has 1 aromatic carbocycles. The number of hydrogen-bond donors (Lipinski definition) is 4. The van der Waals surface area contributed by atoms with Crippen LogP contribution in [-0.2, 0) is 16.1 Å². The molecule has 0 radical (unpaired) electrons. The van der Waals surface area contributed by atoms with Crippen LogP contribution in [0.3, 0.4) is 0 Å². The highest BCUT2D eigenvalue weighted by Crippen LogP contribution is 2.21. The van der Waals surface area contributed by atoms with E-state index in [4.69, 9.17) is 16.9 Å². The van der Waals surface area contributed by atoms with Gasteiger partial charge in [0.2, 0.25) is 11.8 Å². The van der Waals surface area contributed by atoms with Gasteiger partial charge in [0.05, 0.1) is 5.54 Å². The Kier molecular flexibility index (Phi) is 4.70. The van der Waals surface area contributed by atoms with Gasteiger partial charge in [0.25, 0.3) is 0 Å². The average molecular weight is 317 g/mol. The van der Waals surface area contributed by atoms with E-state index in [9.17, 15) is 9.59 Å². The lowest BCUT2D eigenvalue weighted by Gasteiger charge is -2.42. The topological polar surface area (TPSA) is 125 Å². The molecule has 124 valence electrons. The Labute approximate surface area is 135 Å². The predicted octanol–water partition coefficient (Wildman–Crippen LogP) is -0.0749. The van der Waals surface area contributed by atoms with Crippen LogP contribution >= 0.6 is 0 Å². The second-order valence-electron chi connectivity index (χ2n) is 6.35. The van der Waals surface area contributed by atoms with Gasteiger partial charge in [0.15, 0.2) is 0 Å². The van der Waals surface area contributed by atoms with E-state index in [0.717, 1.165) is 5.56 Å². The molecular formula is C16H23N5O2. The van der Waals surface area contributed by atoms with E-state index in [1.54, 1.807) is 26.0 Å². The SMILES string of the molecule is CC(C)(N)C(=O)N1CC[C@H]1C(=O)NCc1ccc(C(=N)N)cc1. The molecular weight excluding hydrogens is 294 g/mol. The summed E-state index contributed by atoms with van der Waals surface area (Å²) < 4.78 is 0. The molecule has 1 aliphatic rings. The lowest BCUT2D eigenvalue weighted by atomic mass is 9.96. The largest absolute Gasteiger partial charge is 0.384 e. The summed E-state index contributed by atoms with van der Waals surface area (Å²) in [6, 6.07) is 6.65. The van der Waals surface area contributed by atoms with Crippen molar-refractivity contribution >= 4 is 17.6 Å². The zero-order chi connectivity index (χ0) is 17.2. The van der Waals surface area contributed by atoms with Crippen molar-refractivity contribution in [2.24, 2.45) is 11.5 Å². The molecule has 1 fully saturated rings. The summed E-state index contributed by atoms with van der Waals surface area (Å²) in [5.74, 6) is -0.382. The normalized spacial score (nSPS) is 17.3. The number of nitrogens with one attached hydrogen (secondary N) is 2. The zero-order valence-electron chi connectivity index (χ0n) is 13.4. The van der Waals surface area contributed by atoms with Gasteiger partial charge >= 0.3 is 0 Å². The second kappa shape index (κ2) is 6.37. The molecule has 1 aliphatic heterocycles. The Bertz CT molecular complexity index is 618. The van der Waals surface area contributed by atoms with Crippen LogP contribution in [0.5, 0.6) is 0 Å². The molecule has 0 saturated carbocycles. The molecule has 7 heteroatoms. The van der Waals surface area contributed by atoms with Gasteiger partial charge in [-0.15, -0.1) is 0 Å². The first kappa shape index (κ1) is 17.0. The fourth-order valence-electron chi connectivity index (χ4n) is 2.38. The average Bonchev–Trinajstić information content (AvgIpc) is 2.43. The lowest BCUT2D eigenvalue weighted by molar-refractivity contribution is -0.150. The molecule has 1 saturated heterocycles. The highest BCUT2D eigenvalue weighted by molar-refractivity contribution is 5.95. The van der Waals surface area contributed by atoms with Crippen LogP contribution in [0.2, 0.25) is 0 Å². The van der Waals surface area contributed by atoms with Gasteiger partial charge in [-0.1, -0.05) is 24.3 Å². The lowest BCUT2D eigenvalue weighted by Crippen LogP contribution is -2.64. The van der Waals surface area contributed by atoms with E-state index in [-0.39, 0.29) is 17.6 Å². The third kappa shape index (κ3) is 3.87. The number of amides is 2. The smallest absolute Gasteiger partial charge is 0.243 e. The van der Waals surface area contributed by atoms with Gasteiger partial charge in [-0.05, 0) is 25.8 Å². The Morgan fingerprint density at radius 2 is 1.96 bits per heavy atom. The number of amidine groups is 1. The molecule has 0 bridgehead atoms. The number of benzene rings is 1. The number of likely N-dealkylation sites (tertiary alicyclic amines) is 1. The molecule has 1 aromatic rings. The molecule has 1 atom stereocenters. The van der Waals surface area contributed by atoms with Crippen molar-refractivity contribution in [3.8, 4) is 0 Å². The van der Waals surface area contributed by atoms with E-state index >= 15 is 0 Å². The Morgan fingerprint density at radius 3 is 2.39 bits per heavy atom. The fourth-order valence-corrected chi connectivity index (χ4v) is 2.38. The molecule has 1 heterocycles. The van der Waals surface area contributed by atoms with E-state index in [1.807, 2.05) is 12.1 Å². The highest BCUT2D eigenvalue weighted by atomic mass is 16.2. The van der Waals surface area contributed by atoms with Gasteiger partial charge in [-0.3, -0.25) is 15.0 Å². The molecule has 2 amide bonds. The third-order valence-corrected chi connectivity index (χ3v) is 3.87. The highest BCUT2D eigenvalue weighted by Gasteiger charge is 2.41. The minimum Gasteiger partial charge on any atom is -0.384 e. The van der Waals surface area contributed by atoms with Crippen LogP contribution in [0.15, 0.2) is 24.3 Å². The van der Waals surface area contributed by atoms with Crippen molar-refractivity contribution in [2.45, 2.75) is 38.4 Å². The van der Waals surface area contributed by atoms with E-state index < -0.39 is 11.6 Å². The van der Waals surface area contributed by atoms with Gasteiger partial charge in [-0.2, -0.15) is 0 Å². The maximum atomic E-state index is 12.2. The van der Waals surface area contributed by atoms with Crippen LogP contribution < -0.4 is 16.8 Å². The van der Waals surface area contributed by atoms with Crippen molar-refractivity contribution in [3.05, 3.63) is 35.4 Å². The number of hydrogen-bond acceptors (Lipinski definition) is 4. The maximum absolute atomic E-state index is 12.2.